The van der Waals surface area contributed by atoms with E-state index in [-0.39, 0.29) is 5.91 Å². The molecule has 29 heavy (non-hydrogen) atoms. The molecule has 0 unspecified atom stereocenters. The summed E-state index contributed by atoms with van der Waals surface area (Å²) in [6, 6.07) is 26.2. The molecule has 0 aromatic heterocycles. The lowest BCUT2D eigenvalue weighted by molar-refractivity contribution is -0.127. The molecule has 3 aromatic rings. The van der Waals surface area contributed by atoms with E-state index in [1.807, 2.05) is 60.7 Å². The minimum absolute atomic E-state index is 0.368. The second kappa shape index (κ2) is 9.72. The molecule has 144 valence electrons. The van der Waals surface area contributed by atoms with E-state index in [9.17, 15) is 4.79 Å². The number of para-hydroxylation sites is 1. The number of carbonyl (C=O) groups excluding carboxylic acids is 1. The van der Waals surface area contributed by atoms with Crippen molar-refractivity contribution in [3.05, 3.63) is 90.0 Å². The van der Waals surface area contributed by atoms with Gasteiger partial charge in [-0.05, 0) is 61.0 Å². The Labute approximate surface area is 169 Å². The van der Waals surface area contributed by atoms with E-state index in [0.717, 1.165) is 16.9 Å². The van der Waals surface area contributed by atoms with E-state index in [1.54, 1.807) is 37.4 Å². The molecule has 0 aliphatic carbocycles. The highest BCUT2D eigenvalue weighted by Crippen LogP contribution is 2.16. The number of hydrogen-bond donors (Lipinski definition) is 2. The van der Waals surface area contributed by atoms with Gasteiger partial charge in [-0.1, -0.05) is 30.3 Å². The summed E-state index contributed by atoms with van der Waals surface area (Å²) in [7, 11) is 0. The summed E-state index contributed by atoms with van der Waals surface area (Å²) < 4.78 is 5.55. The molecule has 0 spiro atoms. The highest BCUT2D eigenvalue weighted by atomic mass is 16.5. The predicted molar refractivity (Wildman–Crippen MR) is 113 cm³/mol. The van der Waals surface area contributed by atoms with Crippen molar-refractivity contribution >= 4 is 23.5 Å². The minimum Gasteiger partial charge on any atom is -0.481 e. The molecule has 0 aliphatic heterocycles. The molecule has 2 N–H and O–H groups in total. The van der Waals surface area contributed by atoms with Crippen LogP contribution in [0.4, 0.5) is 11.4 Å². The fourth-order valence-corrected chi connectivity index (χ4v) is 2.47. The predicted octanol–water partition coefficient (Wildman–Crippen LogP) is 4.22. The molecule has 6 nitrogen and oxygen atoms in total. The summed E-state index contributed by atoms with van der Waals surface area (Å²) in [4.78, 5) is 12.1. The zero-order valence-electron chi connectivity index (χ0n) is 15.9. The summed E-state index contributed by atoms with van der Waals surface area (Å²) in [6.45, 7) is 1.63. The van der Waals surface area contributed by atoms with E-state index in [1.165, 1.54) is 0 Å². The molecule has 0 radical (unpaired) electrons. The number of nitriles is 1. The van der Waals surface area contributed by atoms with Crippen LogP contribution in [0.25, 0.3) is 0 Å². The first-order chi connectivity index (χ1) is 14.1. The van der Waals surface area contributed by atoms with Crippen LogP contribution in [0.3, 0.4) is 0 Å². The largest absolute Gasteiger partial charge is 0.481 e. The Balaban J connectivity index is 1.49. The lowest BCUT2D eigenvalue weighted by Crippen LogP contribution is -2.33. The lowest BCUT2D eigenvalue weighted by atomic mass is 10.2. The Morgan fingerprint density at radius 3 is 2.31 bits per heavy atom. The van der Waals surface area contributed by atoms with Crippen LogP contribution in [0.5, 0.6) is 5.75 Å². The fourth-order valence-electron chi connectivity index (χ4n) is 2.47. The molecule has 0 saturated carbocycles. The number of rotatable bonds is 7. The second-order valence-electron chi connectivity index (χ2n) is 6.24. The van der Waals surface area contributed by atoms with Crippen LogP contribution in [0.15, 0.2) is 84.0 Å². The third kappa shape index (κ3) is 5.94. The Bertz CT molecular complexity index is 1010. The van der Waals surface area contributed by atoms with Crippen LogP contribution >= 0.6 is 0 Å². The number of hydrazone groups is 1. The average molecular weight is 384 g/mol. The molecule has 3 aromatic carbocycles. The number of amides is 1. The van der Waals surface area contributed by atoms with Gasteiger partial charge in [0.1, 0.15) is 5.75 Å². The van der Waals surface area contributed by atoms with E-state index >= 15 is 0 Å². The number of nitrogens with one attached hydrogen (secondary N) is 2. The molecule has 1 amide bonds. The Kier molecular flexibility index (Phi) is 6.58. The lowest BCUT2D eigenvalue weighted by Gasteiger charge is -2.12. The van der Waals surface area contributed by atoms with E-state index in [0.29, 0.717) is 11.3 Å². The van der Waals surface area contributed by atoms with Crippen LogP contribution in [0, 0.1) is 11.3 Å². The van der Waals surface area contributed by atoms with Crippen LogP contribution in [0.1, 0.15) is 18.1 Å². The molecule has 0 heterocycles. The minimum atomic E-state index is -0.725. The SMILES string of the molecule is C[C@H](Oc1ccc(C#N)cc1)C(=O)N/N=C\c1ccc(Nc2ccccc2)cc1. The van der Waals surface area contributed by atoms with Crippen LogP contribution < -0.4 is 15.5 Å². The van der Waals surface area contributed by atoms with Gasteiger partial charge in [-0.3, -0.25) is 4.79 Å². The summed E-state index contributed by atoms with van der Waals surface area (Å²) >= 11 is 0. The van der Waals surface area contributed by atoms with Gasteiger partial charge in [-0.2, -0.15) is 10.4 Å². The Morgan fingerprint density at radius 1 is 1.00 bits per heavy atom. The number of anilines is 2. The summed E-state index contributed by atoms with van der Waals surface area (Å²) in [5.41, 5.74) is 5.82. The molecule has 0 bridgehead atoms. The quantitative estimate of drug-likeness (QED) is 0.472. The number of carbonyl (C=O) groups is 1. The van der Waals surface area contributed by atoms with Crippen molar-refractivity contribution in [2.24, 2.45) is 5.10 Å². The van der Waals surface area contributed by atoms with Crippen molar-refractivity contribution in [1.82, 2.24) is 5.43 Å². The van der Waals surface area contributed by atoms with Gasteiger partial charge in [-0.15, -0.1) is 0 Å². The Hall–Kier alpha value is -4.11. The van der Waals surface area contributed by atoms with Crippen molar-refractivity contribution in [2.45, 2.75) is 13.0 Å². The molecule has 0 aliphatic rings. The monoisotopic (exact) mass is 384 g/mol. The highest BCUT2D eigenvalue weighted by molar-refractivity contribution is 5.84. The second-order valence-corrected chi connectivity index (χ2v) is 6.24. The van der Waals surface area contributed by atoms with E-state index in [2.05, 4.69) is 15.8 Å². The standard InChI is InChI=1S/C23H20N4O2/c1-17(29-22-13-9-18(15-24)10-14-22)23(28)27-25-16-19-7-11-21(12-8-19)26-20-5-3-2-4-6-20/h2-14,16-17,26H,1H3,(H,27,28)/b25-16-/t17-/m0/s1. The highest BCUT2D eigenvalue weighted by Gasteiger charge is 2.13. The van der Waals surface area contributed by atoms with Crippen LogP contribution in [-0.4, -0.2) is 18.2 Å². The maximum Gasteiger partial charge on any atom is 0.280 e. The van der Waals surface area contributed by atoms with Crippen molar-refractivity contribution < 1.29 is 9.53 Å². The van der Waals surface area contributed by atoms with E-state index in [4.69, 9.17) is 10.00 Å². The van der Waals surface area contributed by atoms with Gasteiger partial charge < -0.3 is 10.1 Å². The normalized spacial score (nSPS) is 11.4. The smallest absolute Gasteiger partial charge is 0.280 e. The van der Waals surface area contributed by atoms with Gasteiger partial charge in [0.15, 0.2) is 6.10 Å². The third-order valence-corrected chi connectivity index (χ3v) is 4.03. The summed E-state index contributed by atoms with van der Waals surface area (Å²) in [5.74, 6) is 0.144. The van der Waals surface area contributed by atoms with Gasteiger partial charge in [0.25, 0.3) is 5.91 Å². The zero-order chi connectivity index (χ0) is 20.5. The zero-order valence-corrected chi connectivity index (χ0v) is 15.9. The summed E-state index contributed by atoms with van der Waals surface area (Å²) in [5, 5.41) is 16.1. The van der Waals surface area contributed by atoms with Crippen molar-refractivity contribution in [1.29, 1.82) is 5.26 Å². The van der Waals surface area contributed by atoms with Crippen LogP contribution in [0.2, 0.25) is 0 Å². The van der Waals surface area contributed by atoms with Crippen molar-refractivity contribution in [3.8, 4) is 11.8 Å². The summed E-state index contributed by atoms with van der Waals surface area (Å²) in [6.07, 6.45) is 0.844. The van der Waals surface area contributed by atoms with Crippen molar-refractivity contribution in [2.75, 3.05) is 5.32 Å². The fraction of sp³-hybridized carbons (Fsp3) is 0.0870. The van der Waals surface area contributed by atoms with Crippen molar-refractivity contribution in [3.63, 3.8) is 0 Å². The van der Waals surface area contributed by atoms with E-state index < -0.39 is 6.10 Å². The topological polar surface area (TPSA) is 86.5 Å². The molecule has 1 atom stereocenters. The van der Waals surface area contributed by atoms with Gasteiger partial charge in [0.2, 0.25) is 0 Å². The molecule has 0 saturated heterocycles. The molecule has 6 heteroatoms. The average Bonchev–Trinajstić information content (AvgIpc) is 2.76. The maximum absolute atomic E-state index is 12.1. The van der Waals surface area contributed by atoms with Gasteiger partial charge in [-0.25, -0.2) is 5.43 Å². The molecule has 0 fully saturated rings. The molecular formula is C23H20N4O2. The third-order valence-electron chi connectivity index (χ3n) is 4.03. The first-order valence-electron chi connectivity index (χ1n) is 9.06. The number of nitrogens with zero attached hydrogens (tertiary/aromatic N) is 2. The number of ether oxygens (including phenoxy) is 1. The molecular weight excluding hydrogens is 364 g/mol. The Morgan fingerprint density at radius 2 is 1.66 bits per heavy atom. The first-order valence-corrected chi connectivity index (χ1v) is 9.06. The number of hydrogen-bond acceptors (Lipinski definition) is 5. The first kappa shape index (κ1) is 19.6. The maximum atomic E-state index is 12.1. The van der Waals surface area contributed by atoms with Gasteiger partial charge in [0, 0.05) is 11.4 Å². The van der Waals surface area contributed by atoms with Gasteiger partial charge >= 0.3 is 0 Å². The van der Waals surface area contributed by atoms with Gasteiger partial charge in [0.05, 0.1) is 17.8 Å². The number of benzene rings is 3. The molecule has 3 rings (SSSR count). The van der Waals surface area contributed by atoms with Crippen LogP contribution in [-0.2, 0) is 4.79 Å².